The third kappa shape index (κ3) is 5.44. The second kappa shape index (κ2) is 9.25. The van der Waals surface area contributed by atoms with Crippen molar-refractivity contribution in [3.63, 3.8) is 0 Å². The molecule has 6 heteroatoms. The second-order valence-electron chi connectivity index (χ2n) is 4.39. The Kier molecular flexibility index (Phi) is 8.91. The van der Waals surface area contributed by atoms with Gasteiger partial charge in [-0.05, 0) is 19.8 Å². The molecule has 0 aromatic heterocycles. The number of hydrogen-bond donors (Lipinski definition) is 0. The fraction of sp³-hybridized carbons (Fsp3) is 0.769. The molecular formula is C13H26O5Si. The lowest BCUT2D eigenvalue weighted by Crippen LogP contribution is -2.56. The number of carbonyl (C=O) groups is 1. The third-order valence-corrected chi connectivity index (χ3v) is 5.82. The summed E-state index contributed by atoms with van der Waals surface area (Å²) in [6.07, 6.45) is 3.73. The molecule has 0 heterocycles. The summed E-state index contributed by atoms with van der Waals surface area (Å²) in [7, 11) is 1.55. The molecule has 19 heavy (non-hydrogen) atoms. The Bertz CT molecular complexity index is 280. The molecule has 0 aliphatic rings. The van der Waals surface area contributed by atoms with Crippen molar-refractivity contribution in [3.8, 4) is 0 Å². The van der Waals surface area contributed by atoms with Crippen molar-refractivity contribution in [3.05, 3.63) is 12.2 Å². The van der Waals surface area contributed by atoms with E-state index in [4.69, 9.17) is 18.0 Å². The molecule has 0 radical (unpaired) electrons. The summed E-state index contributed by atoms with van der Waals surface area (Å²) in [6.45, 7) is 7.31. The quantitative estimate of drug-likeness (QED) is 0.268. The van der Waals surface area contributed by atoms with Crippen molar-refractivity contribution in [2.24, 2.45) is 0 Å². The molecule has 0 fully saturated rings. The smallest absolute Gasteiger partial charge is 0.454 e. The number of esters is 1. The molecule has 1 atom stereocenters. The van der Waals surface area contributed by atoms with Crippen molar-refractivity contribution in [1.29, 1.82) is 0 Å². The van der Waals surface area contributed by atoms with Crippen LogP contribution in [0.3, 0.4) is 0 Å². The van der Waals surface area contributed by atoms with Crippen LogP contribution in [-0.4, -0.2) is 41.8 Å². The Morgan fingerprint density at radius 3 is 2.05 bits per heavy atom. The average molecular weight is 290 g/mol. The number of unbranched alkanes of at least 4 members (excludes halogenated alkanes) is 2. The number of carbonyl (C=O) groups excluding carboxylic acids is 1. The Morgan fingerprint density at radius 2 is 1.68 bits per heavy atom. The number of hydrogen-bond acceptors (Lipinski definition) is 5. The first-order valence-electron chi connectivity index (χ1n) is 6.49. The molecule has 0 spiro atoms. The van der Waals surface area contributed by atoms with Crippen molar-refractivity contribution < 1.29 is 22.8 Å². The predicted molar refractivity (Wildman–Crippen MR) is 75.6 cm³/mol. The van der Waals surface area contributed by atoms with Gasteiger partial charge in [0.2, 0.25) is 0 Å². The van der Waals surface area contributed by atoms with Gasteiger partial charge in [0.1, 0.15) is 0 Å². The first kappa shape index (κ1) is 18.3. The Labute approximate surface area is 117 Å². The lowest BCUT2D eigenvalue weighted by Gasteiger charge is -2.31. The zero-order valence-corrected chi connectivity index (χ0v) is 13.7. The van der Waals surface area contributed by atoms with E-state index in [9.17, 15) is 4.79 Å². The summed E-state index contributed by atoms with van der Waals surface area (Å²) in [4.78, 5) is 11.7. The first-order chi connectivity index (χ1) is 8.97. The van der Waals surface area contributed by atoms with Crippen LogP contribution in [0.15, 0.2) is 12.2 Å². The van der Waals surface area contributed by atoms with Gasteiger partial charge in [0.05, 0.1) is 0 Å². The van der Waals surface area contributed by atoms with E-state index < -0.39 is 20.5 Å². The van der Waals surface area contributed by atoms with Crippen LogP contribution in [0.1, 0.15) is 39.5 Å². The van der Waals surface area contributed by atoms with E-state index in [0.717, 1.165) is 19.3 Å². The average Bonchev–Trinajstić information content (AvgIpc) is 2.41. The van der Waals surface area contributed by atoms with Crippen LogP contribution in [0.5, 0.6) is 0 Å². The van der Waals surface area contributed by atoms with Crippen molar-refractivity contribution in [2.45, 2.75) is 45.3 Å². The van der Waals surface area contributed by atoms with Gasteiger partial charge < -0.3 is 18.0 Å². The standard InChI is InChI=1S/C13H26O5Si/c1-7-8-9-10-12(18-13(14)11(2)3)19(15-4,16-5)17-6/h12H,2,7-10H2,1,3-6H3. The largest absolute Gasteiger partial charge is 0.543 e. The Hall–Kier alpha value is -0.693. The molecule has 0 aromatic carbocycles. The van der Waals surface area contributed by atoms with Crippen LogP contribution < -0.4 is 0 Å². The van der Waals surface area contributed by atoms with E-state index >= 15 is 0 Å². The SMILES string of the molecule is C=C(C)C(=O)OC(CCCCC)[Si](OC)(OC)OC. The molecule has 5 nitrogen and oxygen atoms in total. The predicted octanol–water partition coefficient (Wildman–Crippen LogP) is 2.47. The molecule has 0 saturated heterocycles. The van der Waals surface area contributed by atoms with Gasteiger partial charge in [-0.25, -0.2) is 4.79 Å². The summed E-state index contributed by atoms with van der Waals surface area (Å²) >= 11 is 0. The minimum atomic E-state index is -2.99. The maximum absolute atomic E-state index is 11.7. The fourth-order valence-electron chi connectivity index (χ4n) is 1.76. The summed E-state index contributed by atoms with van der Waals surface area (Å²) < 4.78 is 21.6. The first-order valence-corrected chi connectivity index (χ1v) is 8.29. The van der Waals surface area contributed by atoms with E-state index in [1.54, 1.807) is 6.92 Å². The lowest BCUT2D eigenvalue weighted by molar-refractivity contribution is -0.144. The zero-order chi connectivity index (χ0) is 14.9. The second-order valence-corrected chi connectivity index (χ2v) is 7.46. The molecule has 0 N–H and O–H groups in total. The van der Waals surface area contributed by atoms with Gasteiger partial charge in [0.25, 0.3) is 0 Å². The molecule has 0 rings (SSSR count). The Morgan fingerprint density at radius 1 is 1.16 bits per heavy atom. The van der Waals surface area contributed by atoms with Crippen molar-refractivity contribution in [2.75, 3.05) is 21.3 Å². The molecule has 0 aliphatic heterocycles. The summed E-state index contributed by atoms with van der Waals surface area (Å²) in [6, 6.07) is 0. The zero-order valence-electron chi connectivity index (χ0n) is 12.7. The molecule has 0 aliphatic carbocycles. The number of rotatable bonds is 10. The maximum Gasteiger partial charge on any atom is 0.543 e. The summed E-state index contributed by atoms with van der Waals surface area (Å²) in [5, 5.41) is 0. The molecule has 112 valence electrons. The van der Waals surface area contributed by atoms with Gasteiger partial charge in [0, 0.05) is 26.9 Å². The van der Waals surface area contributed by atoms with Gasteiger partial charge in [-0.1, -0.05) is 26.3 Å². The third-order valence-electron chi connectivity index (χ3n) is 2.92. The van der Waals surface area contributed by atoms with Crippen molar-refractivity contribution in [1.82, 2.24) is 0 Å². The van der Waals surface area contributed by atoms with Crippen molar-refractivity contribution >= 4 is 14.8 Å². The van der Waals surface area contributed by atoms with Crippen LogP contribution in [-0.2, 0) is 22.8 Å². The molecule has 0 amide bonds. The van der Waals surface area contributed by atoms with E-state index in [1.807, 2.05) is 0 Å². The molecule has 0 bridgehead atoms. The van der Waals surface area contributed by atoms with E-state index in [-0.39, 0.29) is 0 Å². The monoisotopic (exact) mass is 290 g/mol. The minimum absolute atomic E-state index is 0.353. The topological polar surface area (TPSA) is 54.0 Å². The molecule has 0 aromatic rings. The van der Waals surface area contributed by atoms with E-state index in [1.165, 1.54) is 21.3 Å². The van der Waals surface area contributed by atoms with E-state index in [2.05, 4.69) is 13.5 Å². The highest BCUT2D eigenvalue weighted by atomic mass is 28.4. The van der Waals surface area contributed by atoms with Crippen LogP contribution in [0, 0.1) is 0 Å². The molecular weight excluding hydrogens is 264 g/mol. The van der Waals surface area contributed by atoms with Crippen LogP contribution in [0.25, 0.3) is 0 Å². The lowest BCUT2D eigenvalue weighted by atomic mass is 10.2. The highest BCUT2D eigenvalue weighted by molar-refractivity contribution is 6.62. The summed E-state index contributed by atoms with van der Waals surface area (Å²) in [5.74, 6) is -0.440. The van der Waals surface area contributed by atoms with Gasteiger partial charge in [-0.2, -0.15) is 0 Å². The number of ether oxygens (including phenoxy) is 1. The van der Waals surface area contributed by atoms with Gasteiger partial charge >= 0.3 is 14.8 Å². The van der Waals surface area contributed by atoms with Gasteiger partial charge in [-0.15, -0.1) is 0 Å². The fourth-order valence-corrected chi connectivity index (χ4v) is 3.86. The molecule has 1 unspecified atom stereocenters. The van der Waals surface area contributed by atoms with Gasteiger partial charge in [-0.3, -0.25) is 0 Å². The van der Waals surface area contributed by atoms with Crippen LogP contribution in [0.2, 0.25) is 0 Å². The summed E-state index contributed by atoms with van der Waals surface area (Å²) in [5.41, 5.74) is -0.144. The molecule has 0 saturated carbocycles. The Balaban J connectivity index is 4.90. The van der Waals surface area contributed by atoms with Crippen LogP contribution >= 0.6 is 0 Å². The van der Waals surface area contributed by atoms with Crippen LogP contribution in [0.4, 0.5) is 0 Å². The highest BCUT2D eigenvalue weighted by Crippen LogP contribution is 2.21. The maximum atomic E-state index is 11.7. The van der Waals surface area contributed by atoms with Gasteiger partial charge in [0.15, 0.2) is 5.73 Å². The minimum Gasteiger partial charge on any atom is -0.454 e. The van der Waals surface area contributed by atoms with E-state index in [0.29, 0.717) is 12.0 Å². The highest BCUT2D eigenvalue weighted by Gasteiger charge is 2.50. The normalized spacial score (nSPS) is 13.1.